The third-order valence-electron chi connectivity index (χ3n) is 2.16. The SMILES string of the molecule is Cc1nc(CSc2ccc(CO)cc2)cs1. The molecule has 0 aliphatic heterocycles. The van der Waals surface area contributed by atoms with Gasteiger partial charge < -0.3 is 5.11 Å². The lowest BCUT2D eigenvalue weighted by Gasteiger charge is -2.00. The van der Waals surface area contributed by atoms with Crippen LogP contribution >= 0.6 is 23.1 Å². The van der Waals surface area contributed by atoms with Crippen molar-refractivity contribution in [3.63, 3.8) is 0 Å². The summed E-state index contributed by atoms with van der Waals surface area (Å²) < 4.78 is 0. The molecule has 0 spiro atoms. The van der Waals surface area contributed by atoms with Gasteiger partial charge >= 0.3 is 0 Å². The predicted octanol–water partition coefficient (Wildman–Crippen LogP) is 3.24. The van der Waals surface area contributed by atoms with Gasteiger partial charge in [-0.05, 0) is 24.6 Å². The molecule has 84 valence electrons. The first kappa shape index (κ1) is 11.6. The third-order valence-corrected chi connectivity index (χ3v) is 4.03. The molecule has 2 rings (SSSR count). The van der Waals surface area contributed by atoms with Crippen LogP contribution in [-0.2, 0) is 12.4 Å². The second kappa shape index (κ2) is 5.48. The molecule has 0 saturated heterocycles. The van der Waals surface area contributed by atoms with Gasteiger partial charge in [-0.1, -0.05) is 12.1 Å². The fourth-order valence-electron chi connectivity index (χ4n) is 1.32. The number of thiazole rings is 1. The van der Waals surface area contributed by atoms with E-state index in [1.165, 1.54) is 4.90 Å². The standard InChI is InChI=1S/C12H13NOS2/c1-9-13-11(7-15-9)8-16-12-4-2-10(6-14)3-5-12/h2-5,7,14H,6,8H2,1H3. The van der Waals surface area contributed by atoms with Crippen LogP contribution in [0.3, 0.4) is 0 Å². The van der Waals surface area contributed by atoms with E-state index >= 15 is 0 Å². The third kappa shape index (κ3) is 3.07. The molecule has 1 N–H and O–H groups in total. The highest BCUT2D eigenvalue weighted by molar-refractivity contribution is 7.98. The summed E-state index contributed by atoms with van der Waals surface area (Å²) in [6.07, 6.45) is 0. The van der Waals surface area contributed by atoms with Crippen LogP contribution in [0.5, 0.6) is 0 Å². The highest BCUT2D eigenvalue weighted by Gasteiger charge is 2.00. The lowest BCUT2D eigenvalue weighted by molar-refractivity contribution is 0.282. The van der Waals surface area contributed by atoms with E-state index in [1.54, 1.807) is 23.1 Å². The Bertz CT molecular complexity index is 450. The van der Waals surface area contributed by atoms with Crippen molar-refractivity contribution in [2.75, 3.05) is 0 Å². The van der Waals surface area contributed by atoms with Crippen molar-refractivity contribution in [1.29, 1.82) is 0 Å². The van der Waals surface area contributed by atoms with E-state index in [9.17, 15) is 0 Å². The number of benzene rings is 1. The van der Waals surface area contributed by atoms with Gasteiger partial charge in [-0.3, -0.25) is 0 Å². The second-order valence-electron chi connectivity index (χ2n) is 3.45. The molecule has 4 heteroatoms. The maximum atomic E-state index is 8.92. The van der Waals surface area contributed by atoms with Crippen molar-refractivity contribution in [3.8, 4) is 0 Å². The largest absolute Gasteiger partial charge is 0.392 e. The average Bonchev–Trinajstić information content (AvgIpc) is 2.73. The Morgan fingerprint density at radius 3 is 2.62 bits per heavy atom. The van der Waals surface area contributed by atoms with Crippen LogP contribution in [0, 0.1) is 6.92 Å². The Hall–Kier alpha value is -0.840. The molecule has 0 unspecified atom stereocenters. The summed E-state index contributed by atoms with van der Waals surface area (Å²) in [5.41, 5.74) is 2.09. The molecule has 0 atom stereocenters. The number of hydrogen-bond acceptors (Lipinski definition) is 4. The smallest absolute Gasteiger partial charge is 0.0897 e. The molecular formula is C12H13NOS2. The first-order valence-electron chi connectivity index (χ1n) is 5.01. The Balaban J connectivity index is 1.94. The van der Waals surface area contributed by atoms with Crippen molar-refractivity contribution >= 4 is 23.1 Å². The molecule has 0 aliphatic rings. The molecule has 16 heavy (non-hydrogen) atoms. The van der Waals surface area contributed by atoms with Gasteiger partial charge in [0.2, 0.25) is 0 Å². The molecule has 1 aromatic heterocycles. The molecule has 1 heterocycles. The van der Waals surface area contributed by atoms with E-state index in [2.05, 4.69) is 10.4 Å². The van der Waals surface area contributed by atoms with Crippen LogP contribution in [0.1, 0.15) is 16.3 Å². The van der Waals surface area contributed by atoms with Gasteiger partial charge in [0.25, 0.3) is 0 Å². The highest BCUT2D eigenvalue weighted by Crippen LogP contribution is 2.23. The number of nitrogens with zero attached hydrogens (tertiary/aromatic N) is 1. The van der Waals surface area contributed by atoms with E-state index in [1.807, 2.05) is 31.2 Å². The molecule has 2 aromatic rings. The minimum absolute atomic E-state index is 0.107. The van der Waals surface area contributed by atoms with E-state index < -0.39 is 0 Å². The molecule has 0 bridgehead atoms. The molecule has 0 saturated carbocycles. The number of thioether (sulfide) groups is 1. The number of aromatic nitrogens is 1. The van der Waals surface area contributed by atoms with Gasteiger partial charge in [-0.15, -0.1) is 23.1 Å². The summed E-state index contributed by atoms with van der Waals surface area (Å²) in [5, 5.41) is 12.1. The van der Waals surface area contributed by atoms with Gasteiger partial charge in [-0.25, -0.2) is 4.98 Å². The van der Waals surface area contributed by atoms with Crippen LogP contribution in [0.15, 0.2) is 34.5 Å². The monoisotopic (exact) mass is 251 g/mol. The van der Waals surface area contributed by atoms with Gasteiger partial charge in [0.15, 0.2) is 0 Å². The van der Waals surface area contributed by atoms with Crippen LogP contribution < -0.4 is 0 Å². The zero-order valence-corrected chi connectivity index (χ0v) is 10.6. The number of rotatable bonds is 4. The molecular weight excluding hydrogens is 238 g/mol. The summed E-state index contributed by atoms with van der Waals surface area (Å²) >= 11 is 3.46. The van der Waals surface area contributed by atoms with E-state index in [-0.39, 0.29) is 6.61 Å². The van der Waals surface area contributed by atoms with E-state index in [0.717, 1.165) is 22.0 Å². The quantitative estimate of drug-likeness (QED) is 0.847. The summed E-state index contributed by atoms with van der Waals surface area (Å²) in [4.78, 5) is 5.63. The molecule has 2 nitrogen and oxygen atoms in total. The Morgan fingerprint density at radius 2 is 2.06 bits per heavy atom. The van der Waals surface area contributed by atoms with E-state index in [4.69, 9.17) is 5.11 Å². The first-order valence-corrected chi connectivity index (χ1v) is 6.88. The van der Waals surface area contributed by atoms with Crippen LogP contribution in [0.25, 0.3) is 0 Å². The highest BCUT2D eigenvalue weighted by atomic mass is 32.2. The topological polar surface area (TPSA) is 33.1 Å². The maximum Gasteiger partial charge on any atom is 0.0897 e. The summed E-state index contributed by atoms with van der Waals surface area (Å²) in [6.45, 7) is 2.13. The van der Waals surface area contributed by atoms with E-state index in [0.29, 0.717) is 0 Å². The zero-order valence-electron chi connectivity index (χ0n) is 9.01. The first-order chi connectivity index (χ1) is 7.78. The van der Waals surface area contributed by atoms with Gasteiger partial charge in [0.05, 0.1) is 17.3 Å². The summed E-state index contributed by atoms with van der Waals surface area (Å²) in [5.74, 6) is 0.906. The zero-order chi connectivity index (χ0) is 11.4. The molecule has 1 aromatic carbocycles. The lowest BCUT2D eigenvalue weighted by atomic mass is 10.2. The summed E-state index contributed by atoms with van der Waals surface area (Å²) in [6, 6.07) is 7.98. The van der Waals surface area contributed by atoms with Crippen LogP contribution in [-0.4, -0.2) is 10.1 Å². The number of hydrogen-bond donors (Lipinski definition) is 1. The van der Waals surface area contributed by atoms with Crippen molar-refractivity contribution < 1.29 is 5.11 Å². The number of aliphatic hydroxyl groups excluding tert-OH is 1. The summed E-state index contributed by atoms with van der Waals surface area (Å²) in [7, 11) is 0. The molecule has 0 amide bonds. The molecule has 0 aliphatic carbocycles. The van der Waals surface area contributed by atoms with Crippen molar-refractivity contribution in [3.05, 3.63) is 45.9 Å². The maximum absolute atomic E-state index is 8.92. The van der Waals surface area contributed by atoms with Gasteiger partial charge in [0.1, 0.15) is 0 Å². The molecule has 0 radical (unpaired) electrons. The Morgan fingerprint density at radius 1 is 1.31 bits per heavy atom. The minimum atomic E-state index is 0.107. The average molecular weight is 251 g/mol. The fourth-order valence-corrected chi connectivity index (χ4v) is 2.83. The van der Waals surface area contributed by atoms with Crippen LogP contribution in [0.2, 0.25) is 0 Å². The van der Waals surface area contributed by atoms with Gasteiger partial charge in [0, 0.05) is 16.0 Å². The second-order valence-corrected chi connectivity index (χ2v) is 5.56. The Kier molecular flexibility index (Phi) is 3.98. The lowest BCUT2D eigenvalue weighted by Crippen LogP contribution is -1.83. The Labute approximate surface area is 103 Å². The normalized spacial score (nSPS) is 10.6. The number of aryl methyl sites for hydroxylation is 1. The van der Waals surface area contributed by atoms with Crippen molar-refractivity contribution in [1.82, 2.24) is 4.98 Å². The van der Waals surface area contributed by atoms with Gasteiger partial charge in [-0.2, -0.15) is 0 Å². The minimum Gasteiger partial charge on any atom is -0.392 e. The fraction of sp³-hybridized carbons (Fsp3) is 0.250. The van der Waals surface area contributed by atoms with Crippen molar-refractivity contribution in [2.45, 2.75) is 24.2 Å². The molecule has 0 fully saturated rings. The number of aliphatic hydroxyl groups is 1. The predicted molar refractivity (Wildman–Crippen MR) is 68.8 cm³/mol. The van der Waals surface area contributed by atoms with Crippen LogP contribution in [0.4, 0.5) is 0 Å². The van der Waals surface area contributed by atoms with Crippen molar-refractivity contribution in [2.24, 2.45) is 0 Å².